The predicted molar refractivity (Wildman–Crippen MR) is 131 cm³/mol. The van der Waals surface area contributed by atoms with Crippen molar-refractivity contribution in [3.63, 3.8) is 0 Å². The third-order valence-electron chi connectivity index (χ3n) is 8.10. The number of imide groups is 1. The largest absolute Gasteiger partial charge is 0.290 e. The van der Waals surface area contributed by atoms with Gasteiger partial charge in [0.25, 0.3) is 5.91 Å². The zero-order chi connectivity index (χ0) is 23.7. The summed E-state index contributed by atoms with van der Waals surface area (Å²) in [5, 5.41) is 0.652. The van der Waals surface area contributed by atoms with Crippen LogP contribution in [-0.4, -0.2) is 29.3 Å². The number of aryl methyl sites for hydroxylation is 1. The van der Waals surface area contributed by atoms with Crippen LogP contribution in [-0.2, 0) is 16.0 Å². The van der Waals surface area contributed by atoms with Gasteiger partial charge in [0, 0.05) is 10.7 Å². The summed E-state index contributed by atoms with van der Waals surface area (Å²) in [6.07, 6.45) is 6.27. The molecule has 34 heavy (non-hydrogen) atoms. The molecule has 0 aromatic heterocycles. The Labute approximate surface area is 208 Å². The molecule has 6 atom stereocenters. The SMILES string of the molecule is CCc1ccc(N(CN2C(=O)C3C4C=CC(C5CC45)C3C2=O)C(=O)c2ccc(Cl)cc2Cl)cc1. The molecule has 1 aliphatic heterocycles. The van der Waals surface area contributed by atoms with Gasteiger partial charge < -0.3 is 0 Å². The summed E-state index contributed by atoms with van der Waals surface area (Å²) in [5.41, 5.74) is 2.00. The molecule has 174 valence electrons. The molecule has 7 rings (SSSR count). The van der Waals surface area contributed by atoms with Crippen LogP contribution in [0, 0.1) is 35.5 Å². The molecule has 2 aromatic carbocycles. The Kier molecular flexibility index (Phi) is 5.12. The van der Waals surface area contributed by atoms with E-state index in [9.17, 15) is 14.4 Å². The van der Waals surface area contributed by atoms with Crippen molar-refractivity contribution in [3.05, 3.63) is 75.8 Å². The summed E-state index contributed by atoms with van der Waals surface area (Å²) >= 11 is 12.4. The monoisotopic (exact) mass is 494 g/mol. The molecular weight excluding hydrogens is 471 g/mol. The second-order valence-corrected chi connectivity index (χ2v) is 10.6. The lowest BCUT2D eigenvalue weighted by Crippen LogP contribution is -2.45. The van der Waals surface area contributed by atoms with E-state index in [1.807, 2.05) is 24.3 Å². The van der Waals surface area contributed by atoms with Gasteiger partial charge in [-0.25, -0.2) is 0 Å². The van der Waals surface area contributed by atoms with Gasteiger partial charge in [0.05, 0.1) is 22.4 Å². The maximum absolute atomic E-state index is 13.7. The normalized spacial score (nSPS) is 30.4. The zero-order valence-corrected chi connectivity index (χ0v) is 20.2. The number of nitrogens with zero attached hydrogens (tertiary/aromatic N) is 2. The van der Waals surface area contributed by atoms with Crippen molar-refractivity contribution in [2.45, 2.75) is 19.8 Å². The fraction of sp³-hybridized carbons (Fsp3) is 0.370. The summed E-state index contributed by atoms with van der Waals surface area (Å²) in [7, 11) is 0. The molecule has 0 spiro atoms. The number of amides is 3. The molecule has 1 heterocycles. The number of halogens is 2. The highest BCUT2D eigenvalue weighted by atomic mass is 35.5. The Bertz CT molecular complexity index is 1200. The van der Waals surface area contributed by atoms with E-state index in [-0.39, 0.29) is 58.6 Å². The smallest absolute Gasteiger partial charge is 0.261 e. The van der Waals surface area contributed by atoms with Crippen LogP contribution in [0.15, 0.2) is 54.6 Å². The van der Waals surface area contributed by atoms with Crippen molar-refractivity contribution in [2.24, 2.45) is 35.5 Å². The van der Waals surface area contributed by atoms with E-state index >= 15 is 0 Å². The van der Waals surface area contributed by atoms with Gasteiger partial charge in [0.2, 0.25) is 11.8 Å². The van der Waals surface area contributed by atoms with Gasteiger partial charge in [0.15, 0.2) is 0 Å². The molecule has 3 amide bonds. The van der Waals surface area contributed by atoms with E-state index in [1.165, 1.54) is 15.9 Å². The fourth-order valence-electron chi connectivity index (χ4n) is 6.28. The van der Waals surface area contributed by atoms with Crippen molar-refractivity contribution < 1.29 is 14.4 Å². The van der Waals surface area contributed by atoms with E-state index in [4.69, 9.17) is 23.2 Å². The summed E-state index contributed by atoms with van der Waals surface area (Å²) in [6.45, 7) is 1.92. The Morgan fingerprint density at radius 3 is 2.15 bits per heavy atom. The minimum absolute atomic E-state index is 0.136. The van der Waals surface area contributed by atoms with Crippen molar-refractivity contribution in [1.82, 2.24) is 4.90 Å². The number of rotatable bonds is 5. The van der Waals surface area contributed by atoms with E-state index in [2.05, 4.69) is 19.1 Å². The molecule has 5 aliphatic rings. The first-order valence-corrected chi connectivity index (χ1v) is 12.5. The Morgan fingerprint density at radius 2 is 1.59 bits per heavy atom. The maximum atomic E-state index is 13.7. The van der Waals surface area contributed by atoms with Gasteiger partial charge in [-0.2, -0.15) is 0 Å². The second-order valence-electron chi connectivity index (χ2n) is 9.78. The Balaban J connectivity index is 1.35. The number of benzene rings is 2. The number of hydrogen-bond donors (Lipinski definition) is 0. The van der Waals surface area contributed by atoms with E-state index in [0.29, 0.717) is 22.5 Å². The summed E-state index contributed by atoms with van der Waals surface area (Å²) in [4.78, 5) is 43.5. The maximum Gasteiger partial charge on any atom is 0.261 e. The first-order valence-electron chi connectivity index (χ1n) is 11.8. The van der Waals surface area contributed by atoms with Crippen LogP contribution in [0.2, 0.25) is 10.0 Å². The number of likely N-dealkylation sites (tertiary alicyclic amines) is 1. The minimum Gasteiger partial charge on any atom is -0.290 e. The molecule has 0 N–H and O–H groups in total. The number of carbonyl (C=O) groups is 3. The van der Waals surface area contributed by atoms with Crippen LogP contribution in [0.4, 0.5) is 5.69 Å². The van der Waals surface area contributed by atoms with Gasteiger partial charge in [-0.3, -0.25) is 24.2 Å². The van der Waals surface area contributed by atoms with Gasteiger partial charge >= 0.3 is 0 Å². The zero-order valence-electron chi connectivity index (χ0n) is 18.7. The number of anilines is 1. The quantitative estimate of drug-likeness (QED) is 0.423. The van der Waals surface area contributed by atoms with E-state index < -0.39 is 0 Å². The van der Waals surface area contributed by atoms with Crippen LogP contribution in [0.3, 0.4) is 0 Å². The fourth-order valence-corrected chi connectivity index (χ4v) is 6.77. The molecule has 6 unspecified atom stereocenters. The molecule has 5 nitrogen and oxygen atoms in total. The third kappa shape index (κ3) is 3.24. The topological polar surface area (TPSA) is 57.7 Å². The highest BCUT2D eigenvalue weighted by Gasteiger charge is 2.67. The highest BCUT2D eigenvalue weighted by Crippen LogP contribution is 2.65. The molecule has 0 radical (unpaired) electrons. The van der Waals surface area contributed by atoms with Gasteiger partial charge in [-0.05, 0) is 72.4 Å². The average molecular weight is 495 g/mol. The molecule has 7 heteroatoms. The molecule has 2 saturated carbocycles. The van der Waals surface area contributed by atoms with Crippen LogP contribution < -0.4 is 4.90 Å². The molecular formula is C27H24Cl2N2O3. The highest BCUT2D eigenvalue weighted by molar-refractivity contribution is 6.37. The standard InChI is InChI=1S/C27H24Cl2N2O3/c1-2-14-3-6-16(7-4-14)30(25(32)19-8-5-15(28)11-22(19)29)13-31-26(33)23-17-9-10-18(21-12-20(17)21)24(23)27(31)34/h3-11,17-18,20-21,23-24H,2,12-13H2,1H3. The molecule has 2 bridgehead atoms. The number of carbonyl (C=O) groups excluding carboxylic acids is 3. The lowest BCUT2D eigenvalue weighted by molar-refractivity contribution is -0.140. The molecule has 4 aliphatic carbocycles. The molecule has 3 fully saturated rings. The van der Waals surface area contributed by atoms with Crippen molar-refractivity contribution in [2.75, 3.05) is 11.6 Å². The first kappa shape index (κ1) is 21.9. The molecule has 2 aromatic rings. The third-order valence-corrected chi connectivity index (χ3v) is 8.65. The van der Waals surface area contributed by atoms with E-state index in [0.717, 1.165) is 18.4 Å². The van der Waals surface area contributed by atoms with E-state index in [1.54, 1.807) is 12.1 Å². The lowest BCUT2D eigenvalue weighted by Gasteiger charge is -2.37. The summed E-state index contributed by atoms with van der Waals surface area (Å²) < 4.78 is 0. The average Bonchev–Trinajstić information content (AvgIpc) is 3.62. The van der Waals surface area contributed by atoms with Gasteiger partial charge in [-0.1, -0.05) is 54.4 Å². The Hall–Kier alpha value is -2.63. The first-order chi connectivity index (χ1) is 16.4. The number of hydrogen-bond acceptors (Lipinski definition) is 3. The van der Waals surface area contributed by atoms with Crippen LogP contribution in [0.25, 0.3) is 0 Å². The lowest BCUT2D eigenvalue weighted by atomic mass is 9.63. The van der Waals surface area contributed by atoms with Crippen LogP contribution in [0.1, 0.15) is 29.3 Å². The van der Waals surface area contributed by atoms with Gasteiger partial charge in [0.1, 0.15) is 6.67 Å². The summed E-state index contributed by atoms with van der Waals surface area (Å²) in [5.74, 6) is 0.0234. The summed E-state index contributed by atoms with van der Waals surface area (Å²) in [6, 6.07) is 12.3. The second kappa shape index (κ2) is 7.96. The van der Waals surface area contributed by atoms with Gasteiger partial charge in [-0.15, -0.1) is 0 Å². The van der Waals surface area contributed by atoms with Crippen molar-refractivity contribution in [1.29, 1.82) is 0 Å². The van der Waals surface area contributed by atoms with Crippen molar-refractivity contribution in [3.8, 4) is 0 Å². The molecule has 1 saturated heterocycles. The van der Waals surface area contributed by atoms with Crippen LogP contribution >= 0.6 is 23.2 Å². The van der Waals surface area contributed by atoms with Crippen molar-refractivity contribution >= 4 is 46.6 Å². The Morgan fingerprint density at radius 1 is 0.971 bits per heavy atom. The van der Waals surface area contributed by atoms with Crippen LogP contribution in [0.5, 0.6) is 0 Å². The predicted octanol–water partition coefficient (Wildman–Crippen LogP) is 5.21. The number of allylic oxidation sites excluding steroid dienone is 2. The minimum atomic E-state index is -0.384.